The summed E-state index contributed by atoms with van der Waals surface area (Å²) in [5, 5.41) is 8.59. The fraction of sp³-hybridized carbons (Fsp3) is 0.300. The molecule has 1 atom stereocenters. The molecule has 0 fully saturated rings. The molecule has 80 valence electrons. The van der Waals surface area contributed by atoms with Gasteiger partial charge in [0.15, 0.2) is 0 Å². The lowest BCUT2D eigenvalue weighted by Crippen LogP contribution is -2.04. The van der Waals surface area contributed by atoms with E-state index >= 15 is 0 Å². The summed E-state index contributed by atoms with van der Waals surface area (Å²) in [6.45, 7) is 0. The van der Waals surface area contributed by atoms with Crippen LogP contribution in [0.3, 0.4) is 0 Å². The average Bonchev–Trinajstić information content (AvgIpc) is 2.17. The molecular weight excluding hydrogens is 213 g/mol. The minimum atomic E-state index is -4.07. The third-order valence-electron chi connectivity index (χ3n) is 2.07. The van der Waals surface area contributed by atoms with Gasteiger partial charge in [-0.2, -0.15) is 5.26 Å². The van der Waals surface area contributed by atoms with E-state index in [2.05, 4.69) is 0 Å². The van der Waals surface area contributed by atoms with Gasteiger partial charge in [0.05, 0.1) is 12.2 Å². The molecule has 4 nitrogen and oxygen atoms in total. The molecule has 1 aromatic rings. The first kappa shape index (κ1) is 11.9. The van der Waals surface area contributed by atoms with Gasteiger partial charge in [-0.3, -0.25) is 4.57 Å². The van der Waals surface area contributed by atoms with Crippen LogP contribution >= 0.6 is 7.60 Å². The molecular formula is C10H12NO3P. The Labute approximate surface area is 88.3 Å². The Hall–Kier alpha value is -1.14. The Morgan fingerprint density at radius 2 is 1.93 bits per heavy atom. The maximum atomic E-state index is 10.9. The Balaban J connectivity index is 2.85. The monoisotopic (exact) mass is 225 g/mol. The first-order valence-electron chi connectivity index (χ1n) is 4.49. The lowest BCUT2D eigenvalue weighted by molar-refractivity contribution is 0.369. The number of benzene rings is 1. The molecule has 15 heavy (non-hydrogen) atoms. The summed E-state index contributed by atoms with van der Waals surface area (Å²) in [7, 11) is -4.07. The number of nitrogens with zero attached hydrogens (tertiary/aromatic N) is 1. The highest BCUT2D eigenvalue weighted by atomic mass is 31.2. The van der Waals surface area contributed by atoms with Gasteiger partial charge in [-0.25, -0.2) is 0 Å². The van der Waals surface area contributed by atoms with Crippen LogP contribution in [0.15, 0.2) is 30.3 Å². The molecule has 0 saturated heterocycles. The standard InChI is InChI=1S/C10H12NO3P/c11-7-6-10(8-15(12,13)14)9-4-2-1-3-5-9/h1-5,10H,6,8H2,(H2,12,13,14). The SMILES string of the molecule is N#CCC(CP(=O)(O)O)c1ccccc1. The Bertz CT molecular complexity index is 393. The van der Waals surface area contributed by atoms with Gasteiger partial charge in [-0.05, 0) is 5.56 Å². The van der Waals surface area contributed by atoms with E-state index in [0.29, 0.717) is 0 Å². The zero-order chi connectivity index (χ0) is 11.3. The van der Waals surface area contributed by atoms with E-state index in [1.54, 1.807) is 24.3 Å². The van der Waals surface area contributed by atoms with Gasteiger partial charge >= 0.3 is 7.60 Å². The van der Waals surface area contributed by atoms with Crippen LogP contribution in [-0.2, 0) is 4.57 Å². The quantitative estimate of drug-likeness (QED) is 0.766. The number of hydrogen-bond acceptors (Lipinski definition) is 2. The molecule has 0 bridgehead atoms. The van der Waals surface area contributed by atoms with Gasteiger partial charge in [0.25, 0.3) is 0 Å². The van der Waals surface area contributed by atoms with Crippen molar-refractivity contribution in [2.45, 2.75) is 12.3 Å². The van der Waals surface area contributed by atoms with Gasteiger partial charge in [-0.1, -0.05) is 30.3 Å². The molecule has 0 spiro atoms. The molecule has 0 aromatic heterocycles. The van der Waals surface area contributed by atoms with Crippen LogP contribution in [0, 0.1) is 11.3 Å². The van der Waals surface area contributed by atoms with Gasteiger partial charge in [0, 0.05) is 12.3 Å². The molecule has 0 aliphatic rings. The van der Waals surface area contributed by atoms with Crippen molar-refractivity contribution in [2.75, 3.05) is 6.16 Å². The smallest absolute Gasteiger partial charge is 0.324 e. The zero-order valence-corrected chi connectivity index (χ0v) is 8.97. The fourth-order valence-electron chi connectivity index (χ4n) is 1.41. The van der Waals surface area contributed by atoms with Gasteiger partial charge < -0.3 is 9.79 Å². The van der Waals surface area contributed by atoms with Crippen LogP contribution in [0.1, 0.15) is 17.9 Å². The minimum Gasteiger partial charge on any atom is -0.324 e. The second-order valence-corrected chi connectivity index (χ2v) is 5.01. The van der Waals surface area contributed by atoms with Crippen molar-refractivity contribution in [3.63, 3.8) is 0 Å². The van der Waals surface area contributed by atoms with E-state index in [-0.39, 0.29) is 12.6 Å². The molecule has 0 aliphatic heterocycles. The molecule has 1 unspecified atom stereocenters. The molecule has 2 N–H and O–H groups in total. The summed E-state index contributed by atoms with van der Waals surface area (Å²) in [6, 6.07) is 10.9. The van der Waals surface area contributed by atoms with Crippen molar-refractivity contribution in [1.82, 2.24) is 0 Å². The molecule has 0 heterocycles. The van der Waals surface area contributed by atoms with E-state index < -0.39 is 13.5 Å². The van der Waals surface area contributed by atoms with Crippen LogP contribution in [0.25, 0.3) is 0 Å². The summed E-state index contributed by atoms with van der Waals surface area (Å²) >= 11 is 0. The maximum Gasteiger partial charge on any atom is 0.326 e. The summed E-state index contributed by atoms with van der Waals surface area (Å²) in [5.74, 6) is -0.392. The first-order valence-corrected chi connectivity index (χ1v) is 6.29. The van der Waals surface area contributed by atoms with Gasteiger partial charge in [0.2, 0.25) is 0 Å². The van der Waals surface area contributed by atoms with Gasteiger partial charge in [0.1, 0.15) is 0 Å². The van der Waals surface area contributed by atoms with Crippen LogP contribution < -0.4 is 0 Å². The minimum absolute atomic E-state index is 0.120. The second-order valence-electron chi connectivity index (χ2n) is 3.32. The average molecular weight is 225 g/mol. The van der Waals surface area contributed by atoms with Crippen LogP contribution in [-0.4, -0.2) is 15.9 Å². The molecule has 1 aromatic carbocycles. The van der Waals surface area contributed by atoms with E-state index in [0.717, 1.165) is 5.56 Å². The summed E-state index contributed by atoms with van der Waals surface area (Å²) in [6.07, 6.45) is -0.153. The second kappa shape index (κ2) is 5.09. The predicted octanol–water partition coefficient (Wildman–Crippen LogP) is 1.86. The summed E-state index contributed by atoms with van der Waals surface area (Å²) in [4.78, 5) is 17.8. The van der Waals surface area contributed by atoms with Crippen molar-refractivity contribution in [2.24, 2.45) is 0 Å². The van der Waals surface area contributed by atoms with Crippen LogP contribution in [0.2, 0.25) is 0 Å². The predicted molar refractivity (Wildman–Crippen MR) is 56.3 cm³/mol. The number of hydrogen-bond donors (Lipinski definition) is 2. The molecule has 0 saturated carbocycles. The van der Waals surface area contributed by atoms with Crippen molar-refractivity contribution in [3.8, 4) is 6.07 Å². The molecule has 0 amide bonds. The lowest BCUT2D eigenvalue weighted by atomic mass is 9.98. The summed E-state index contributed by atoms with van der Waals surface area (Å²) < 4.78 is 10.9. The molecule has 0 aliphatic carbocycles. The molecule has 0 radical (unpaired) electrons. The van der Waals surface area contributed by atoms with E-state index in [1.807, 2.05) is 12.1 Å². The Morgan fingerprint density at radius 1 is 1.33 bits per heavy atom. The third-order valence-corrected chi connectivity index (χ3v) is 2.98. The van der Waals surface area contributed by atoms with Gasteiger partial charge in [-0.15, -0.1) is 0 Å². The highest BCUT2D eigenvalue weighted by Crippen LogP contribution is 2.41. The highest BCUT2D eigenvalue weighted by molar-refractivity contribution is 7.51. The van der Waals surface area contributed by atoms with E-state index in [1.165, 1.54) is 0 Å². The topological polar surface area (TPSA) is 81.3 Å². The van der Waals surface area contributed by atoms with Crippen LogP contribution in [0.5, 0.6) is 0 Å². The normalized spacial score (nSPS) is 13.1. The molecule has 1 rings (SSSR count). The van der Waals surface area contributed by atoms with Crippen molar-refractivity contribution >= 4 is 7.60 Å². The largest absolute Gasteiger partial charge is 0.326 e. The fourth-order valence-corrected chi connectivity index (χ4v) is 2.32. The Morgan fingerprint density at radius 3 is 2.40 bits per heavy atom. The first-order chi connectivity index (χ1) is 7.03. The van der Waals surface area contributed by atoms with Crippen molar-refractivity contribution in [3.05, 3.63) is 35.9 Å². The highest BCUT2D eigenvalue weighted by Gasteiger charge is 2.22. The maximum absolute atomic E-state index is 10.9. The zero-order valence-electron chi connectivity index (χ0n) is 8.08. The Kier molecular flexibility index (Phi) is 4.05. The molecule has 5 heteroatoms. The summed E-state index contributed by atoms with van der Waals surface area (Å²) in [5.41, 5.74) is 0.794. The third kappa shape index (κ3) is 4.26. The number of nitriles is 1. The van der Waals surface area contributed by atoms with Crippen molar-refractivity contribution in [1.29, 1.82) is 5.26 Å². The number of rotatable bonds is 4. The van der Waals surface area contributed by atoms with Crippen LogP contribution in [0.4, 0.5) is 0 Å². The van der Waals surface area contributed by atoms with E-state index in [4.69, 9.17) is 15.0 Å². The van der Waals surface area contributed by atoms with E-state index in [9.17, 15) is 4.57 Å². The lowest BCUT2D eigenvalue weighted by Gasteiger charge is -2.14. The van der Waals surface area contributed by atoms with Crippen molar-refractivity contribution < 1.29 is 14.4 Å².